The lowest BCUT2D eigenvalue weighted by Crippen LogP contribution is -2.05. The molecule has 0 aliphatic carbocycles. The smallest absolute Gasteiger partial charge is 0.270 e. The molecule has 0 bridgehead atoms. The van der Waals surface area contributed by atoms with Gasteiger partial charge in [-0.05, 0) is 40.7 Å². The minimum atomic E-state index is -0.441. The zero-order chi connectivity index (χ0) is 22.0. The predicted molar refractivity (Wildman–Crippen MR) is 122 cm³/mol. The summed E-state index contributed by atoms with van der Waals surface area (Å²) in [6.45, 7) is 2.02. The Morgan fingerprint density at radius 3 is 2.74 bits per heavy atom. The van der Waals surface area contributed by atoms with Gasteiger partial charge in [-0.3, -0.25) is 15.2 Å². The van der Waals surface area contributed by atoms with Crippen molar-refractivity contribution in [3.63, 3.8) is 0 Å². The Morgan fingerprint density at radius 2 is 1.97 bits per heavy atom. The number of nitro benzene ring substituents is 1. The van der Waals surface area contributed by atoms with Gasteiger partial charge in [-0.1, -0.05) is 43.3 Å². The molecule has 0 radical (unpaired) electrons. The van der Waals surface area contributed by atoms with Crippen molar-refractivity contribution in [2.45, 2.75) is 12.8 Å². The molecule has 1 unspecified atom stereocenters. The number of aromatic amines is 1. The number of nitrogens with one attached hydrogen (secondary N) is 1. The van der Waals surface area contributed by atoms with Gasteiger partial charge in [0.1, 0.15) is 5.75 Å². The molecule has 0 amide bonds. The molecule has 0 aliphatic heterocycles. The first-order valence-electron chi connectivity index (χ1n) is 9.50. The van der Waals surface area contributed by atoms with Gasteiger partial charge < -0.3 is 4.74 Å². The molecular formula is C22H19N5O3S. The van der Waals surface area contributed by atoms with E-state index in [-0.39, 0.29) is 11.6 Å². The first-order valence-corrected chi connectivity index (χ1v) is 9.91. The van der Waals surface area contributed by atoms with Crippen LogP contribution in [0.2, 0.25) is 0 Å². The topological polar surface area (TPSA) is 98.3 Å². The number of benzene rings is 3. The fraction of sp³-hybridized carbons (Fsp3) is 0.136. The predicted octanol–water partition coefficient (Wildman–Crippen LogP) is 5.04. The van der Waals surface area contributed by atoms with Crippen LogP contribution < -0.4 is 4.74 Å². The van der Waals surface area contributed by atoms with Crippen LogP contribution in [0.1, 0.15) is 29.8 Å². The van der Waals surface area contributed by atoms with E-state index in [1.165, 1.54) is 23.0 Å². The second kappa shape index (κ2) is 8.49. The van der Waals surface area contributed by atoms with Crippen molar-refractivity contribution in [2.75, 3.05) is 7.11 Å². The zero-order valence-corrected chi connectivity index (χ0v) is 17.7. The van der Waals surface area contributed by atoms with Crippen molar-refractivity contribution >= 4 is 34.9 Å². The molecule has 1 heterocycles. The Bertz CT molecular complexity index is 1360. The summed E-state index contributed by atoms with van der Waals surface area (Å²) in [7, 11) is 1.65. The van der Waals surface area contributed by atoms with Gasteiger partial charge in [-0.25, -0.2) is 0 Å². The summed E-state index contributed by atoms with van der Waals surface area (Å²) in [5.41, 5.74) is 1.65. The van der Waals surface area contributed by atoms with Crippen LogP contribution in [-0.2, 0) is 0 Å². The lowest BCUT2D eigenvalue weighted by molar-refractivity contribution is -0.384. The maximum atomic E-state index is 11.0. The number of fused-ring (bicyclic) bond motifs is 1. The second-order valence-corrected chi connectivity index (χ2v) is 7.38. The Kier molecular flexibility index (Phi) is 5.59. The number of nitro groups is 1. The van der Waals surface area contributed by atoms with Gasteiger partial charge in [0, 0.05) is 23.6 Å². The van der Waals surface area contributed by atoms with E-state index in [9.17, 15) is 10.1 Å². The van der Waals surface area contributed by atoms with E-state index >= 15 is 0 Å². The maximum absolute atomic E-state index is 11.0. The van der Waals surface area contributed by atoms with Crippen LogP contribution in [0.4, 0.5) is 5.69 Å². The Hall–Kier alpha value is -3.85. The molecule has 3 aromatic carbocycles. The van der Waals surface area contributed by atoms with Crippen molar-refractivity contribution in [1.82, 2.24) is 14.9 Å². The molecule has 1 N–H and O–H groups in total. The van der Waals surface area contributed by atoms with Gasteiger partial charge in [0.15, 0.2) is 5.82 Å². The molecule has 31 heavy (non-hydrogen) atoms. The Labute approximate surface area is 183 Å². The number of hydrogen-bond donors (Lipinski definition) is 1. The summed E-state index contributed by atoms with van der Waals surface area (Å²) in [5.74, 6) is 1.35. The first kappa shape index (κ1) is 20.4. The van der Waals surface area contributed by atoms with E-state index in [0.29, 0.717) is 16.2 Å². The average Bonchev–Trinajstić information content (AvgIpc) is 3.16. The molecule has 0 saturated heterocycles. The molecule has 156 valence electrons. The molecule has 4 rings (SSSR count). The number of H-pyrrole nitrogens is 1. The van der Waals surface area contributed by atoms with Gasteiger partial charge in [0.05, 0.1) is 18.2 Å². The molecule has 1 aromatic heterocycles. The van der Waals surface area contributed by atoms with Crippen molar-refractivity contribution in [2.24, 2.45) is 5.10 Å². The number of aromatic nitrogens is 3. The van der Waals surface area contributed by atoms with Gasteiger partial charge in [-0.15, -0.1) is 0 Å². The molecule has 1 atom stereocenters. The number of ether oxygens (including phenoxy) is 1. The standard InChI is InChI=1S/C22H19N5O3S/c1-14(16-6-7-18-12-20(30-2)9-8-17(18)11-16)21-24-25-22(31)26(21)23-13-15-4-3-5-19(10-15)27(28)29/h3-14H,1-2H3,(H,25,31). The van der Waals surface area contributed by atoms with E-state index in [0.717, 1.165) is 22.1 Å². The third-order valence-electron chi connectivity index (χ3n) is 5.04. The molecule has 0 spiro atoms. The minimum absolute atomic E-state index is 0.00104. The average molecular weight is 433 g/mol. The summed E-state index contributed by atoms with van der Waals surface area (Å²) in [6, 6.07) is 18.4. The number of methoxy groups -OCH3 is 1. The summed E-state index contributed by atoms with van der Waals surface area (Å²) in [4.78, 5) is 10.5. The van der Waals surface area contributed by atoms with Gasteiger partial charge >= 0.3 is 0 Å². The fourth-order valence-corrected chi connectivity index (χ4v) is 3.51. The Balaban J connectivity index is 1.67. The van der Waals surface area contributed by atoms with Crippen LogP contribution in [-0.4, -0.2) is 33.1 Å². The number of rotatable bonds is 6. The molecular weight excluding hydrogens is 414 g/mol. The van der Waals surface area contributed by atoms with Crippen LogP contribution in [0.3, 0.4) is 0 Å². The fourth-order valence-electron chi connectivity index (χ4n) is 3.33. The molecule has 4 aromatic rings. The molecule has 9 heteroatoms. The van der Waals surface area contributed by atoms with E-state index in [4.69, 9.17) is 17.0 Å². The van der Waals surface area contributed by atoms with E-state index in [2.05, 4.69) is 21.4 Å². The van der Waals surface area contributed by atoms with Crippen LogP contribution in [0, 0.1) is 14.9 Å². The number of hydrogen-bond acceptors (Lipinski definition) is 6. The Morgan fingerprint density at radius 1 is 1.19 bits per heavy atom. The summed E-state index contributed by atoms with van der Waals surface area (Å²) in [5, 5.41) is 24.7. The van der Waals surface area contributed by atoms with Gasteiger partial charge in [0.25, 0.3) is 5.69 Å². The molecule has 0 saturated carbocycles. The number of nitrogens with zero attached hydrogens (tertiary/aromatic N) is 4. The largest absolute Gasteiger partial charge is 0.497 e. The first-order chi connectivity index (χ1) is 15.0. The van der Waals surface area contributed by atoms with Crippen LogP contribution >= 0.6 is 12.2 Å². The van der Waals surface area contributed by atoms with Crippen LogP contribution in [0.25, 0.3) is 10.8 Å². The molecule has 8 nitrogen and oxygen atoms in total. The van der Waals surface area contributed by atoms with Crippen molar-refractivity contribution in [1.29, 1.82) is 0 Å². The zero-order valence-electron chi connectivity index (χ0n) is 16.9. The van der Waals surface area contributed by atoms with Gasteiger partial charge in [0.2, 0.25) is 4.77 Å². The highest BCUT2D eigenvalue weighted by Gasteiger charge is 2.17. The molecule has 0 aliphatic rings. The normalized spacial score (nSPS) is 12.3. The van der Waals surface area contributed by atoms with E-state index in [1.807, 2.05) is 37.3 Å². The number of non-ortho nitro benzene ring substituents is 1. The highest BCUT2D eigenvalue weighted by Crippen LogP contribution is 2.28. The lowest BCUT2D eigenvalue weighted by Gasteiger charge is -2.12. The van der Waals surface area contributed by atoms with Gasteiger partial charge in [-0.2, -0.15) is 14.9 Å². The minimum Gasteiger partial charge on any atom is -0.497 e. The third kappa shape index (κ3) is 4.22. The second-order valence-electron chi connectivity index (χ2n) is 6.99. The van der Waals surface area contributed by atoms with Crippen LogP contribution in [0.15, 0.2) is 65.8 Å². The van der Waals surface area contributed by atoms with E-state index in [1.54, 1.807) is 19.2 Å². The van der Waals surface area contributed by atoms with Crippen LogP contribution in [0.5, 0.6) is 5.75 Å². The van der Waals surface area contributed by atoms with Crippen molar-refractivity contribution in [3.8, 4) is 5.75 Å². The summed E-state index contributed by atoms with van der Waals surface area (Å²) in [6.07, 6.45) is 1.53. The van der Waals surface area contributed by atoms with Crippen molar-refractivity contribution in [3.05, 3.63) is 92.5 Å². The summed E-state index contributed by atoms with van der Waals surface area (Å²) < 4.78 is 7.17. The maximum Gasteiger partial charge on any atom is 0.270 e. The monoisotopic (exact) mass is 433 g/mol. The lowest BCUT2D eigenvalue weighted by atomic mass is 9.97. The van der Waals surface area contributed by atoms with Crippen molar-refractivity contribution < 1.29 is 9.66 Å². The molecule has 0 fully saturated rings. The summed E-state index contributed by atoms with van der Waals surface area (Å²) >= 11 is 5.34. The third-order valence-corrected chi connectivity index (χ3v) is 5.30. The highest BCUT2D eigenvalue weighted by molar-refractivity contribution is 7.71. The highest BCUT2D eigenvalue weighted by atomic mass is 32.1. The SMILES string of the molecule is COc1ccc2cc(C(C)c3n[nH]c(=S)n3N=Cc3cccc([N+](=O)[O-])c3)ccc2c1. The van der Waals surface area contributed by atoms with E-state index < -0.39 is 4.92 Å². The quantitative estimate of drug-likeness (QED) is 0.199.